The van der Waals surface area contributed by atoms with Crippen molar-refractivity contribution in [3.63, 3.8) is 0 Å². The Labute approximate surface area is 166 Å². The summed E-state index contributed by atoms with van der Waals surface area (Å²) < 4.78 is 13.9. The molecule has 0 aliphatic carbocycles. The Morgan fingerprint density at radius 2 is 1.96 bits per heavy atom. The van der Waals surface area contributed by atoms with Crippen molar-refractivity contribution in [2.24, 2.45) is 0 Å². The number of thiocarbonyl (C=S) groups is 1. The summed E-state index contributed by atoms with van der Waals surface area (Å²) >= 11 is 6.40. The van der Waals surface area contributed by atoms with Gasteiger partial charge in [0, 0.05) is 6.08 Å². The Balaban J connectivity index is 1.57. The molecule has 7 heteroatoms. The van der Waals surface area contributed by atoms with Gasteiger partial charge in [-0.05, 0) is 53.5 Å². The van der Waals surface area contributed by atoms with Crippen LogP contribution in [0.3, 0.4) is 0 Å². The van der Waals surface area contributed by atoms with Crippen LogP contribution in [0.25, 0.3) is 16.3 Å². The van der Waals surface area contributed by atoms with Gasteiger partial charge in [0.15, 0.2) is 10.2 Å². The smallest absolute Gasteiger partial charge is 0.250 e. The second-order valence-corrected chi connectivity index (χ2v) is 7.67. The molecule has 2 N–H and O–H groups in total. The van der Waals surface area contributed by atoms with Crippen LogP contribution >= 0.6 is 23.6 Å². The van der Waals surface area contributed by atoms with E-state index in [4.69, 9.17) is 12.2 Å². The summed E-state index contributed by atoms with van der Waals surface area (Å²) in [6.07, 6.45) is 3.15. The van der Waals surface area contributed by atoms with Gasteiger partial charge < -0.3 is 5.32 Å². The van der Waals surface area contributed by atoms with Crippen molar-refractivity contribution < 1.29 is 9.18 Å². The first kappa shape index (κ1) is 19.1. The van der Waals surface area contributed by atoms with Crippen molar-refractivity contribution in [2.75, 3.05) is 5.32 Å². The lowest BCUT2D eigenvalue weighted by Gasteiger charge is -2.05. The van der Waals surface area contributed by atoms with Crippen LogP contribution < -0.4 is 10.6 Å². The Kier molecular flexibility index (Phi) is 5.93. The van der Waals surface area contributed by atoms with E-state index in [1.165, 1.54) is 35.1 Å². The van der Waals surface area contributed by atoms with E-state index in [1.54, 1.807) is 12.1 Å². The molecule has 0 spiro atoms. The van der Waals surface area contributed by atoms with Gasteiger partial charge in [0.2, 0.25) is 5.91 Å². The topological polar surface area (TPSA) is 54.0 Å². The van der Waals surface area contributed by atoms with Crippen LogP contribution in [-0.4, -0.2) is 16.0 Å². The van der Waals surface area contributed by atoms with E-state index in [9.17, 15) is 9.18 Å². The number of thiazole rings is 1. The zero-order valence-corrected chi connectivity index (χ0v) is 16.5. The summed E-state index contributed by atoms with van der Waals surface area (Å²) in [6.45, 7) is 4.27. The van der Waals surface area contributed by atoms with Gasteiger partial charge in [0.1, 0.15) is 5.82 Å². The SMILES string of the molecule is CC(C)c1ccc(/C=C/C(=O)NC(=S)Nc2nc3ccc(F)cc3s2)cc1. The molecule has 138 valence electrons. The van der Waals surface area contributed by atoms with Crippen molar-refractivity contribution in [2.45, 2.75) is 19.8 Å². The van der Waals surface area contributed by atoms with Crippen LogP contribution in [0.4, 0.5) is 9.52 Å². The zero-order chi connectivity index (χ0) is 19.4. The van der Waals surface area contributed by atoms with Crippen molar-refractivity contribution in [1.82, 2.24) is 10.3 Å². The van der Waals surface area contributed by atoms with Gasteiger partial charge in [-0.2, -0.15) is 0 Å². The van der Waals surface area contributed by atoms with E-state index in [-0.39, 0.29) is 16.8 Å². The summed E-state index contributed by atoms with van der Waals surface area (Å²) in [5, 5.41) is 6.05. The maximum atomic E-state index is 13.2. The van der Waals surface area contributed by atoms with Crippen LogP contribution in [0.15, 0.2) is 48.5 Å². The molecule has 0 saturated heterocycles. The van der Waals surface area contributed by atoms with Gasteiger partial charge in [-0.3, -0.25) is 10.1 Å². The Hall–Kier alpha value is -2.64. The van der Waals surface area contributed by atoms with Crippen molar-refractivity contribution >= 4 is 56.0 Å². The average molecular weight is 400 g/mol. The molecule has 3 aromatic rings. The van der Waals surface area contributed by atoms with Crippen LogP contribution in [0, 0.1) is 5.82 Å². The summed E-state index contributed by atoms with van der Waals surface area (Å²) in [6, 6.07) is 12.4. The number of anilines is 1. The van der Waals surface area contributed by atoms with Crippen molar-refractivity contribution in [1.29, 1.82) is 0 Å². The largest absolute Gasteiger partial charge is 0.308 e. The molecule has 1 aromatic heterocycles. The number of carbonyl (C=O) groups excluding carboxylic acids is 1. The molecule has 0 atom stereocenters. The molecule has 1 amide bonds. The third kappa shape index (κ3) is 5.18. The van der Waals surface area contributed by atoms with E-state index < -0.39 is 0 Å². The summed E-state index contributed by atoms with van der Waals surface area (Å²) in [5.41, 5.74) is 2.85. The number of nitrogens with one attached hydrogen (secondary N) is 2. The van der Waals surface area contributed by atoms with Gasteiger partial charge >= 0.3 is 0 Å². The molecule has 0 radical (unpaired) electrons. The van der Waals surface area contributed by atoms with E-state index in [2.05, 4.69) is 29.5 Å². The maximum Gasteiger partial charge on any atom is 0.250 e. The maximum absolute atomic E-state index is 13.2. The molecule has 0 fully saturated rings. The lowest BCUT2D eigenvalue weighted by atomic mass is 10.0. The summed E-state index contributed by atoms with van der Waals surface area (Å²) in [5.74, 6) is -0.193. The number of fused-ring (bicyclic) bond motifs is 1. The number of hydrogen-bond donors (Lipinski definition) is 2. The number of aromatic nitrogens is 1. The van der Waals surface area contributed by atoms with Crippen molar-refractivity contribution in [3.05, 3.63) is 65.5 Å². The highest BCUT2D eigenvalue weighted by Gasteiger charge is 2.07. The average Bonchev–Trinajstić information content (AvgIpc) is 3.01. The van der Waals surface area contributed by atoms with E-state index >= 15 is 0 Å². The number of nitrogens with zero attached hydrogens (tertiary/aromatic N) is 1. The third-order valence-corrected chi connectivity index (χ3v) is 4.98. The normalized spacial score (nSPS) is 11.3. The first-order chi connectivity index (χ1) is 12.9. The predicted molar refractivity (Wildman–Crippen MR) is 114 cm³/mol. The lowest BCUT2D eigenvalue weighted by molar-refractivity contribution is -0.115. The van der Waals surface area contributed by atoms with Crippen molar-refractivity contribution in [3.8, 4) is 0 Å². The third-order valence-electron chi connectivity index (χ3n) is 3.84. The van der Waals surface area contributed by atoms with E-state index in [0.29, 0.717) is 21.3 Å². The molecule has 2 aromatic carbocycles. The molecule has 3 rings (SSSR count). The van der Waals surface area contributed by atoms with Gasteiger partial charge in [-0.25, -0.2) is 9.37 Å². The molecular formula is C20H18FN3OS2. The number of carbonyl (C=O) groups is 1. The number of amides is 1. The monoisotopic (exact) mass is 399 g/mol. The fraction of sp³-hybridized carbons (Fsp3) is 0.150. The Morgan fingerprint density at radius 1 is 1.22 bits per heavy atom. The standard InChI is InChI=1S/C20H18FN3OS2/c1-12(2)14-6-3-13(4-7-14)5-10-18(25)23-19(26)24-20-22-16-9-8-15(21)11-17(16)27-20/h3-12H,1-2H3,(H2,22,23,24,25,26)/b10-5+. The number of hydrogen-bond acceptors (Lipinski definition) is 4. The number of rotatable bonds is 4. The molecule has 27 heavy (non-hydrogen) atoms. The molecule has 4 nitrogen and oxygen atoms in total. The number of benzene rings is 2. The van der Waals surface area contributed by atoms with Crippen LogP contribution in [0.5, 0.6) is 0 Å². The van der Waals surface area contributed by atoms with E-state index in [1.807, 2.05) is 24.3 Å². The fourth-order valence-corrected chi connectivity index (χ4v) is 3.55. The van der Waals surface area contributed by atoms with Crippen LogP contribution in [0.1, 0.15) is 30.9 Å². The molecule has 0 aliphatic rings. The minimum absolute atomic E-state index is 0.138. The molecule has 0 unspecified atom stereocenters. The minimum Gasteiger partial charge on any atom is -0.308 e. The fourth-order valence-electron chi connectivity index (χ4n) is 2.40. The molecule has 0 saturated carbocycles. The predicted octanol–water partition coefficient (Wildman–Crippen LogP) is 5.09. The number of halogens is 1. The zero-order valence-electron chi connectivity index (χ0n) is 14.8. The first-order valence-corrected chi connectivity index (χ1v) is 9.59. The second-order valence-electron chi connectivity index (χ2n) is 6.23. The van der Waals surface area contributed by atoms with Gasteiger partial charge in [-0.15, -0.1) is 0 Å². The summed E-state index contributed by atoms with van der Waals surface area (Å²) in [7, 11) is 0. The van der Waals surface area contributed by atoms with E-state index in [0.717, 1.165) is 5.56 Å². The highest BCUT2D eigenvalue weighted by Crippen LogP contribution is 2.26. The van der Waals surface area contributed by atoms with Crippen LogP contribution in [-0.2, 0) is 4.79 Å². The molecule has 0 bridgehead atoms. The van der Waals surface area contributed by atoms with Crippen LogP contribution in [0.2, 0.25) is 0 Å². The lowest BCUT2D eigenvalue weighted by Crippen LogP contribution is -2.32. The highest BCUT2D eigenvalue weighted by molar-refractivity contribution is 7.80. The van der Waals surface area contributed by atoms with Gasteiger partial charge in [-0.1, -0.05) is 49.4 Å². The highest BCUT2D eigenvalue weighted by atomic mass is 32.1. The molecule has 1 heterocycles. The second kappa shape index (κ2) is 8.37. The van der Waals surface area contributed by atoms with Gasteiger partial charge in [0.05, 0.1) is 10.2 Å². The summed E-state index contributed by atoms with van der Waals surface area (Å²) in [4.78, 5) is 16.3. The Morgan fingerprint density at radius 3 is 2.67 bits per heavy atom. The molecular weight excluding hydrogens is 381 g/mol. The Bertz CT molecular complexity index is 1010. The quantitative estimate of drug-likeness (QED) is 0.474. The first-order valence-electron chi connectivity index (χ1n) is 8.37. The van der Waals surface area contributed by atoms with Gasteiger partial charge in [0.25, 0.3) is 0 Å². The minimum atomic E-state index is -0.340. The molecule has 0 aliphatic heterocycles.